The van der Waals surface area contributed by atoms with Crippen molar-refractivity contribution in [3.63, 3.8) is 0 Å². The Labute approximate surface area is 121 Å². The highest BCUT2D eigenvalue weighted by atomic mass is 32.2. The largest absolute Gasteiger partial charge is 0.479 e. The van der Waals surface area contributed by atoms with Gasteiger partial charge in [0.15, 0.2) is 6.10 Å². The summed E-state index contributed by atoms with van der Waals surface area (Å²) in [5, 5.41) is 17.7. The molecule has 1 heterocycles. The Kier molecular flexibility index (Phi) is 7.01. The monoisotopic (exact) mass is 304 g/mol. The predicted molar refractivity (Wildman–Crippen MR) is 73.5 cm³/mol. The lowest BCUT2D eigenvalue weighted by Gasteiger charge is -2.20. The summed E-state index contributed by atoms with van der Waals surface area (Å²) in [6.07, 6.45) is 0.137. The molecule has 3 atom stereocenters. The molecule has 1 rings (SSSR count). The minimum absolute atomic E-state index is 0.0126. The van der Waals surface area contributed by atoms with Crippen LogP contribution >= 0.6 is 11.8 Å². The number of rotatable bonds is 4. The second-order valence-electron chi connectivity index (χ2n) is 4.93. The number of carboxylic acid groups (broad SMARTS) is 1. The Morgan fingerprint density at radius 1 is 1.40 bits per heavy atom. The van der Waals surface area contributed by atoms with Crippen molar-refractivity contribution in [1.82, 2.24) is 0 Å². The van der Waals surface area contributed by atoms with Crippen LogP contribution in [0.3, 0.4) is 0 Å². The van der Waals surface area contributed by atoms with Crippen LogP contribution in [0.5, 0.6) is 0 Å². The van der Waals surface area contributed by atoms with Gasteiger partial charge < -0.3 is 14.9 Å². The predicted octanol–water partition coefficient (Wildman–Crippen LogP) is 0.999. The molecule has 2 N–H and O–H groups in total. The molecule has 20 heavy (non-hydrogen) atoms. The third kappa shape index (κ3) is 6.38. The summed E-state index contributed by atoms with van der Waals surface area (Å²) < 4.78 is 5.14. The maximum absolute atomic E-state index is 11.8. The fourth-order valence-corrected chi connectivity index (χ4v) is 3.07. The Balaban J connectivity index is 2.53. The van der Waals surface area contributed by atoms with Gasteiger partial charge in [0.25, 0.3) is 0 Å². The first-order valence-corrected chi connectivity index (χ1v) is 7.67. The summed E-state index contributed by atoms with van der Waals surface area (Å²) in [7, 11) is 0. The van der Waals surface area contributed by atoms with Crippen LogP contribution in [0.25, 0.3) is 0 Å². The SMILES string of the molecule is C[C@@H]1CCC(=O)C[C@@H](SC[C@@H](O)C(=O)O)CCC(=O)O1. The van der Waals surface area contributed by atoms with Crippen LogP contribution in [-0.2, 0) is 19.1 Å². The van der Waals surface area contributed by atoms with Gasteiger partial charge in [0.2, 0.25) is 0 Å². The maximum atomic E-state index is 11.8. The van der Waals surface area contributed by atoms with E-state index in [9.17, 15) is 19.5 Å². The van der Waals surface area contributed by atoms with Gasteiger partial charge in [-0.15, -0.1) is 0 Å². The van der Waals surface area contributed by atoms with Crippen LogP contribution in [0, 0.1) is 0 Å². The number of carbonyl (C=O) groups excluding carboxylic acids is 2. The molecule has 0 aliphatic carbocycles. The van der Waals surface area contributed by atoms with Crippen molar-refractivity contribution in [3.05, 3.63) is 0 Å². The minimum atomic E-state index is -1.45. The summed E-state index contributed by atoms with van der Waals surface area (Å²) in [5.74, 6) is -1.48. The van der Waals surface area contributed by atoms with Crippen molar-refractivity contribution >= 4 is 29.5 Å². The average molecular weight is 304 g/mol. The summed E-state index contributed by atoms with van der Waals surface area (Å²) in [5.41, 5.74) is 0. The van der Waals surface area contributed by atoms with Gasteiger partial charge in [-0.25, -0.2) is 4.79 Å². The topological polar surface area (TPSA) is 101 Å². The molecule has 0 aromatic heterocycles. The lowest BCUT2D eigenvalue weighted by molar-refractivity contribution is -0.149. The van der Waals surface area contributed by atoms with Crippen LogP contribution in [0.1, 0.15) is 39.0 Å². The number of ketones is 1. The molecule has 0 radical (unpaired) electrons. The van der Waals surface area contributed by atoms with Gasteiger partial charge >= 0.3 is 11.9 Å². The van der Waals surface area contributed by atoms with E-state index in [0.717, 1.165) is 0 Å². The molecule has 0 aromatic carbocycles. The molecule has 0 spiro atoms. The third-order valence-corrected chi connectivity index (χ3v) is 4.44. The van der Waals surface area contributed by atoms with Gasteiger partial charge in [0.05, 0.1) is 6.10 Å². The van der Waals surface area contributed by atoms with Gasteiger partial charge in [-0.05, 0) is 19.8 Å². The Morgan fingerprint density at radius 2 is 2.10 bits per heavy atom. The number of aliphatic hydroxyl groups is 1. The molecule has 6 nitrogen and oxygen atoms in total. The number of aliphatic hydroxyl groups excluding tert-OH is 1. The van der Waals surface area contributed by atoms with E-state index in [4.69, 9.17) is 9.84 Å². The van der Waals surface area contributed by atoms with Crippen molar-refractivity contribution in [3.8, 4) is 0 Å². The Hall–Kier alpha value is -1.08. The zero-order valence-electron chi connectivity index (χ0n) is 11.4. The summed E-state index contributed by atoms with van der Waals surface area (Å²) in [4.78, 5) is 33.9. The highest BCUT2D eigenvalue weighted by molar-refractivity contribution is 8.00. The third-order valence-electron chi connectivity index (χ3n) is 3.06. The number of aliphatic carboxylic acids is 1. The lowest BCUT2D eigenvalue weighted by Crippen LogP contribution is -2.25. The quantitative estimate of drug-likeness (QED) is 0.747. The second kappa shape index (κ2) is 8.26. The van der Waals surface area contributed by atoms with E-state index in [1.165, 1.54) is 11.8 Å². The molecule has 0 aromatic rings. The maximum Gasteiger partial charge on any atom is 0.333 e. The smallest absolute Gasteiger partial charge is 0.333 e. The Morgan fingerprint density at radius 3 is 2.75 bits per heavy atom. The van der Waals surface area contributed by atoms with E-state index in [2.05, 4.69) is 0 Å². The first kappa shape index (κ1) is 17.0. The van der Waals surface area contributed by atoms with E-state index in [1.54, 1.807) is 6.92 Å². The van der Waals surface area contributed by atoms with Crippen molar-refractivity contribution in [2.75, 3.05) is 5.75 Å². The van der Waals surface area contributed by atoms with Crippen LogP contribution in [0.2, 0.25) is 0 Å². The normalized spacial score (nSPS) is 26.7. The number of esters is 1. The standard InChI is InChI=1S/C13H20O6S/c1-8-2-3-9(14)6-10(4-5-12(16)19-8)20-7-11(15)13(17)18/h8,10-11,15H,2-7H2,1H3,(H,17,18)/t8-,10+,11-/m1/s1. The number of thioether (sulfide) groups is 1. The molecular weight excluding hydrogens is 284 g/mol. The van der Waals surface area contributed by atoms with E-state index in [1.807, 2.05) is 0 Å². The molecule has 114 valence electrons. The molecule has 7 heteroatoms. The first-order chi connectivity index (χ1) is 9.38. The molecular formula is C13H20O6S. The van der Waals surface area contributed by atoms with Crippen molar-refractivity contribution in [2.45, 2.75) is 56.5 Å². The van der Waals surface area contributed by atoms with Gasteiger partial charge in [0.1, 0.15) is 5.78 Å². The van der Waals surface area contributed by atoms with E-state index in [0.29, 0.717) is 25.7 Å². The van der Waals surface area contributed by atoms with E-state index in [-0.39, 0.29) is 35.3 Å². The van der Waals surface area contributed by atoms with Crippen molar-refractivity contribution in [1.29, 1.82) is 0 Å². The van der Waals surface area contributed by atoms with Gasteiger partial charge in [-0.3, -0.25) is 9.59 Å². The lowest BCUT2D eigenvalue weighted by atomic mass is 10.0. The fraction of sp³-hybridized carbons (Fsp3) is 0.769. The summed E-state index contributed by atoms with van der Waals surface area (Å²) in [6.45, 7) is 1.77. The number of cyclic esters (lactones) is 1. The Bertz CT molecular complexity index is 370. The second-order valence-corrected chi connectivity index (χ2v) is 6.26. The highest BCUT2D eigenvalue weighted by Crippen LogP contribution is 2.24. The first-order valence-electron chi connectivity index (χ1n) is 6.62. The average Bonchev–Trinajstić information content (AvgIpc) is 2.38. The van der Waals surface area contributed by atoms with E-state index < -0.39 is 12.1 Å². The molecule has 1 aliphatic heterocycles. The number of carbonyl (C=O) groups is 3. The van der Waals surface area contributed by atoms with Crippen LogP contribution < -0.4 is 0 Å². The van der Waals surface area contributed by atoms with Crippen LogP contribution in [-0.4, -0.2) is 51.1 Å². The van der Waals surface area contributed by atoms with Gasteiger partial charge in [-0.1, -0.05) is 0 Å². The van der Waals surface area contributed by atoms with Gasteiger partial charge in [-0.2, -0.15) is 11.8 Å². The zero-order valence-corrected chi connectivity index (χ0v) is 12.2. The van der Waals surface area contributed by atoms with Crippen LogP contribution in [0.15, 0.2) is 0 Å². The number of ether oxygens (including phenoxy) is 1. The fourth-order valence-electron chi connectivity index (χ4n) is 1.88. The van der Waals surface area contributed by atoms with Crippen molar-refractivity contribution < 1.29 is 29.3 Å². The molecule has 0 bridgehead atoms. The molecule has 0 saturated carbocycles. The summed E-state index contributed by atoms with van der Waals surface area (Å²) >= 11 is 1.22. The minimum Gasteiger partial charge on any atom is -0.479 e. The molecule has 1 aliphatic rings. The number of carboxylic acids is 1. The number of hydrogen-bond acceptors (Lipinski definition) is 6. The van der Waals surface area contributed by atoms with Crippen molar-refractivity contribution in [2.24, 2.45) is 0 Å². The summed E-state index contributed by atoms with van der Waals surface area (Å²) in [6, 6.07) is 0. The number of Topliss-reactive ketones (excluding diaryl/α,β-unsaturated/α-hetero) is 1. The van der Waals surface area contributed by atoms with Gasteiger partial charge in [0, 0.05) is 30.3 Å². The van der Waals surface area contributed by atoms with Crippen LogP contribution in [0.4, 0.5) is 0 Å². The molecule has 0 amide bonds. The molecule has 1 saturated heterocycles. The number of hydrogen-bond donors (Lipinski definition) is 2. The highest BCUT2D eigenvalue weighted by Gasteiger charge is 2.23. The molecule has 0 unspecified atom stereocenters. The van der Waals surface area contributed by atoms with E-state index >= 15 is 0 Å². The molecule has 1 fully saturated rings. The zero-order chi connectivity index (χ0) is 15.1.